The van der Waals surface area contributed by atoms with Gasteiger partial charge in [-0.2, -0.15) is 0 Å². The van der Waals surface area contributed by atoms with Gasteiger partial charge in [0, 0.05) is 56.9 Å². The summed E-state index contributed by atoms with van der Waals surface area (Å²) in [5.74, 6) is 0. The molecule has 0 bridgehead atoms. The summed E-state index contributed by atoms with van der Waals surface area (Å²) in [6.45, 7) is 0. The van der Waals surface area contributed by atoms with Crippen molar-refractivity contribution in [3.05, 3.63) is 128 Å². The number of fused-ring (bicyclic) bond motifs is 9. The first-order valence-corrected chi connectivity index (χ1v) is 14.5. The van der Waals surface area contributed by atoms with E-state index in [2.05, 4.69) is 56.8 Å². The molecule has 184 valence electrons. The summed E-state index contributed by atoms with van der Waals surface area (Å²) >= 11 is 0. The molecule has 1 atom stereocenters. The lowest BCUT2D eigenvalue weighted by Gasteiger charge is -2.20. The maximum atomic E-state index is 15.3. The fraction of sp³-hybridized carbons (Fsp3) is 0. The third kappa shape index (κ3) is 3.14. The van der Waals surface area contributed by atoms with Crippen LogP contribution >= 0.6 is 7.14 Å². The summed E-state index contributed by atoms with van der Waals surface area (Å²) in [6.07, 6.45) is 7.12. The van der Waals surface area contributed by atoms with Gasteiger partial charge in [0.25, 0.3) is 0 Å². The highest BCUT2D eigenvalue weighted by Gasteiger charge is 2.33. The highest BCUT2D eigenvalue weighted by atomic mass is 31.2. The second-order valence-electron chi connectivity index (χ2n) is 9.70. The van der Waals surface area contributed by atoms with Gasteiger partial charge in [-0.3, -0.25) is 14.4 Å². The monoisotopic (exact) mass is 520 g/mol. The minimum Gasteiger partial charge on any atom is -0.309 e. The number of hydrogen-bond acceptors (Lipinski definition) is 4. The van der Waals surface area contributed by atoms with E-state index in [-0.39, 0.29) is 0 Å². The lowest BCUT2D eigenvalue weighted by atomic mass is 10.0. The van der Waals surface area contributed by atoms with Crippen molar-refractivity contribution in [1.82, 2.24) is 19.4 Å². The third-order valence-corrected chi connectivity index (χ3v) is 10.7. The molecule has 4 aromatic heterocycles. The number of benzene rings is 4. The fourth-order valence-electron chi connectivity index (χ4n) is 5.82. The first-order valence-electron chi connectivity index (χ1n) is 12.8. The second-order valence-corrected chi connectivity index (χ2v) is 12.4. The van der Waals surface area contributed by atoms with Crippen LogP contribution in [-0.4, -0.2) is 19.4 Å². The first-order chi connectivity index (χ1) is 19.2. The van der Waals surface area contributed by atoms with Gasteiger partial charge in [0.2, 0.25) is 0 Å². The molecule has 0 N–H and O–H groups in total. The molecule has 1 unspecified atom stereocenters. The largest absolute Gasteiger partial charge is 0.309 e. The minimum absolute atomic E-state index is 0.723. The van der Waals surface area contributed by atoms with Gasteiger partial charge in [0.05, 0.1) is 11.0 Å². The van der Waals surface area contributed by atoms with E-state index in [1.54, 1.807) is 12.4 Å². The van der Waals surface area contributed by atoms with E-state index in [0.29, 0.717) is 0 Å². The zero-order chi connectivity index (χ0) is 26.0. The zero-order valence-electron chi connectivity index (χ0n) is 20.8. The van der Waals surface area contributed by atoms with Crippen LogP contribution in [-0.2, 0) is 4.57 Å². The summed E-state index contributed by atoms with van der Waals surface area (Å²) < 4.78 is 17.5. The van der Waals surface area contributed by atoms with Gasteiger partial charge in [-0.1, -0.05) is 54.6 Å². The summed E-state index contributed by atoms with van der Waals surface area (Å²) in [5.41, 5.74) is 3.57. The van der Waals surface area contributed by atoms with Gasteiger partial charge in [0.15, 0.2) is 7.14 Å². The van der Waals surface area contributed by atoms with Crippen LogP contribution in [0.25, 0.3) is 49.1 Å². The predicted molar refractivity (Wildman–Crippen MR) is 160 cm³/mol. The Morgan fingerprint density at radius 1 is 0.590 bits per heavy atom. The van der Waals surface area contributed by atoms with Gasteiger partial charge in [-0.05, 0) is 59.3 Å². The lowest BCUT2D eigenvalue weighted by Crippen LogP contribution is -2.25. The van der Waals surface area contributed by atoms with Crippen LogP contribution in [0.4, 0.5) is 0 Å². The highest BCUT2D eigenvalue weighted by molar-refractivity contribution is 7.85. The summed E-state index contributed by atoms with van der Waals surface area (Å²) in [6, 6.07) is 34.3. The molecule has 0 spiro atoms. The molecule has 0 fully saturated rings. The Hall–Kier alpha value is -4.86. The normalized spacial score (nSPS) is 13.4. The smallest absolute Gasteiger partial charge is 0.173 e. The molecular formula is C33H21N4OP. The molecule has 4 aromatic carbocycles. The van der Waals surface area contributed by atoms with Crippen molar-refractivity contribution in [2.24, 2.45) is 0 Å². The molecule has 6 heteroatoms. The van der Waals surface area contributed by atoms with Crippen LogP contribution in [0.3, 0.4) is 0 Å². The molecular weight excluding hydrogens is 499 g/mol. The zero-order valence-corrected chi connectivity index (χ0v) is 21.7. The molecule has 0 radical (unpaired) electrons. The number of hydrogen-bond donors (Lipinski definition) is 0. The van der Waals surface area contributed by atoms with E-state index in [1.807, 2.05) is 73.1 Å². The molecule has 0 amide bonds. The second kappa shape index (κ2) is 8.32. The van der Waals surface area contributed by atoms with Crippen molar-refractivity contribution in [2.75, 3.05) is 0 Å². The molecule has 0 saturated carbocycles. The van der Waals surface area contributed by atoms with Crippen molar-refractivity contribution in [3.63, 3.8) is 0 Å². The summed E-state index contributed by atoms with van der Waals surface area (Å²) in [7, 11) is -3.26. The molecule has 0 aliphatic heterocycles. The van der Waals surface area contributed by atoms with E-state index in [0.717, 1.165) is 65.0 Å². The maximum Gasteiger partial charge on any atom is 0.173 e. The third-order valence-electron chi connectivity index (χ3n) is 7.60. The van der Waals surface area contributed by atoms with E-state index >= 15 is 4.57 Å². The number of aromatic nitrogens is 4. The first kappa shape index (κ1) is 22.2. The van der Waals surface area contributed by atoms with Crippen LogP contribution in [0.2, 0.25) is 0 Å². The van der Waals surface area contributed by atoms with Crippen LogP contribution in [0.5, 0.6) is 0 Å². The average Bonchev–Trinajstić information content (AvgIpc) is 3.41. The quantitative estimate of drug-likeness (QED) is 0.154. The number of nitrogens with zero attached hydrogens (tertiary/aromatic N) is 4. The lowest BCUT2D eigenvalue weighted by molar-refractivity contribution is 0.592. The number of rotatable bonds is 3. The van der Waals surface area contributed by atoms with Gasteiger partial charge in [-0.15, -0.1) is 0 Å². The topological polar surface area (TPSA) is 60.2 Å². The van der Waals surface area contributed by atoms with E-state index in [9.17, 15) is 0 Å². The Morgan fingerprint density at radius 3 is 2.18 bits per heavy atom. The molecule has 39 heavy (non-hydrogen) atoms. The molecule has 4 heterocycles. The molecule has 0 aliphatic rings. The number of imidazole rings is 1. The summed E-state index contributed by atoms with van der Waals surface area (Å²) in [5, 5.41) is 7.73. The average molecular weight is 521 g/mol. The molecule has 8 aromatic rings. The fourth-order valence-corrected chi connectivity index (χ4v) is 8.58. The Labute approximate surface area is 223 Å². The van der Waals surface area contributed by atoms with Gasteiger partial charge < -0.3 is 4.57 Å². The van der Waals surface area contributed by atoms with Crippen LogP contribution < -0.4 is 15.9 Å². The Balaban J connectivity index is 1.57. The number of para-hydroxylation sites is 2. The maximum absolute atomic E-state index is 15.3. The van der Waals surface area contributed by atoms with Gasteiger partial charge in [0.1, 0.15) is 11.2 Å². The van der Waals surface area contributed by atoms with Crippen molar-refractivity contribution < 1.29 is 4.57 Å². The molecule has 0 saturated heterocycles. The van der Waals surface area contributed by atoms with Crippen molar-refractivity contribution in [1.29, 1.82) is 0 Å². The van der Waals surface area contributed by atoms with E-state index < -0.39 is 7.14 Å². The minimum atomic E-state index is -3.26. The Kier molecular flexibility index (Phi) is 4.73. The summed E-state index contributed by atoms with van der Waals surface area (Å²) in [4.78, 5) is 13.8. The van der Waals surface area contributed by atoms with Crippen molar-refractivity contribution in [3.8, 4) is 0 Å². The number of pyridine rings is 3. The van der Waals surface area contributed by atoms with Crippen molar-refractivity contribution in [2.45, 2.75) is 0 Å². The van der Waals surface area contributed by atoms with Crippen LogP contribution in [0, 0.1) is 0 Å². The van der Waals surface area contributed by atoms with E-state index in [1.165, 1.54) is 0 Å². The SMILES string of the molecule is O=P(c1ccccc1)(c1ccncc1)c1cccc2c1nc1c3cc4cnccc4cc3c3ccccc3n21. The standard InChI is InChI=1S/C33H21N4OP/c38-39(24-7-2-1-3-8-24,25-14-17-34-18-15-25)31-12-6-11-30-32(31)36-33-28-20-23-21-35-16-13-22(23)19-27(28)26-9-4-5-10-29(26)37(30)33/h1-21H. The van der Waals surface area contributed by atoms with E-state index in [4.69, 9.17) is 4.98 Å². The highest BCUT2D eigenvalue weighted by Crippen LogP contribution is 2.45. The Bertz CT molecular complexity index is 2220. The van der Waals surface area contributed by atoms with Crippen LogP contribution in [0.1, 0.15) is 0 Å². The molecule has 5 nitrogen and oxygen atoms in total. The van der Waals surface area contributed by atoms with Crippen molar-refractivity contribution >= 4 is 72.2 Å². The van der Waals surface area contributed by atoms with Crippen LogP contribution in [0.15, 0.2) is 128 Å². The molecule has 8 rings (SSSR count). The predicted octanol–water partition coefficient (Wildman–Crippen LogP) is 6.38. The van der Waals surface area contributed by atoms with Gasteiger partial charge >= 0.3 is 0 Å². The molecule has 0 aliphatic carbocycles. The Morgan fingerprint density at radius 2 is 1.31 bits per heavy atom. The van der Waals surface area contributed by atoms with Gasteiger partial charge in [-0.25, -0.2) is 4.98 Å².